The molecule has 1 aliphatic rings. The maximum absolute atomic E-state index is 10.7. The SMILES string of the molecule is O=C(O)C1CC(O)(Cc2ccc(Cl)c(Cl)c2)C1. The van der Waals surface area contributed by atoms with Crippen LogP contribution >= 0.6 is 23.2 Å². The molecule has 0 radical (unpaired) electrons. The van der Waals surface area contributed by atoms with Crippen LogP contribution in [0.15, 0.2) is 18.2 Å². The topological polar surface area (TPSA) is 57.5 Å². The summed E-state index contributed by atoms with van der Waals surface area (Å²) in [6.45, 7) is 0. The standard InChI is InChI=1S/C12H12Cl2O3/c13-9-2-1-7(3-10(9)14)4-12(17)5-8(6-12)11(15)16/h1-3,8,17H,4-6H2,(H,15,16). The van der Waals surface area contributed by atoms with Gasteiger partial charge in [-0.05, 0) is 30.5 Å². The van der Waals surface area contributed by atoms with E-state index in [1.165, 1.54) is 0 Å². The third-order valence-corrected chi connectivity index (χ3v) is 3.86. The Labute approximate surface area is 109 Å². The molecule has 0 amide bonds. The van der Waals surface area contributed by atoms with E-state index in [9.17, 15) is 9.90 Å². The molecule has 1 aromatic rings. The summed E-state index contributed by atoms with van der Waals surface area (Å²) in [5.41, 5.74) is -0.0500. The minimum atomic E-state index is -0.916. The number of benzene rings is 1. The van der Waals surface area contributed by atoms with Crippen LogP contribution in [0.2, 0.25) is 10.0 Å². The third kappa shape index (κ3) is 2.73. The average molecular weight is 275 g/mol. The lowest BCUT2D eigenvalue weighted by molar-refractivity contribution is -0.158. The van der Waals surface area contributed by atoms with Crippen molar-refractivity contribution in [2.75, 3.05) is 0 Å². The molecule has 0 unspecified atom stereocenters. The van der Waals surface area contributed by atoms with Crippen molar-refractivity contribution < 1.29 is 15.0 Å². The molecule has 1 saturated carbocycles. The van der Waals surface area contributed by atoms with E-state index in [-0.39, 0.29) is 0 Å². The van der Waals surface area contributed by atoms with Crippen molar-refractivity contribution >= 4 is 29.2 Å². The summed E-state index contributed by atoms with van der Waals surface area (Å²) in [5, 5.41) is 19.8. The van der Waals surface area contributed by atoms with Gasteiger partial charge in [-0.15, -0.1) is 0 Å². The summed E-state index contributed by atoms with van der Waals surface area (Å²) in [6.07, 6.45) is 0.999. The monoisotopic (exact) mass is 274 g/mol. The molecule has 1 fully saturated rings. The molecule has 0 bridgehead atoms. The number of aliphatic carboxylic acids is 1. The van der Waals surface area contributed by atoms with E-state index < -0.39 is 17.5 Å². The van der Waals surface area contributed by atoms with Gasteiger partial charge in [0.05, 0.1) is 21.6 Å². The second-order valence-corrected chi connectivity index (χ2v) is 5.41. The Hall–Kier alpha value is -0.770. The molecule has 5 heteroatoms. The van der Waals surface area contributed by atoms with Crippen LogP contribution in [0.1, 0.15) is 18.4 Å². The Kier molecular flexibility index (Phi) is 3.34. The van der Waals surface area contributed by atoms with Crippen LogP contribution in [0.4, 0.5) is 0 Å². The van der Waals surface area contributed by atoms with Gasteiger partial charge in [-0.2, -0.15) is 0 Å². The van der Waals surface area contributed by atoms with Gasteiger partial charge in [0.1, 0.15) is 0 Å². The van der Waals surface area contributed by atoms with Crippen LogP contribution in [-0.2, 0) is 11.2 Å². The lowest BCUT2D eigenvalue weighted by Crippen LogP contribution is -2.48. The zero-order valence-corrected chi connectivity index (χ0v) is 10.5. The highest BCUT2D eigenvalue weighted by molar-refractivity contribution is 6.42. The molecule has 1 aromatic carbocycles. The highest BCUT2D eigenvalue weighted by Crippen LogP contribution is 2.40. The number of hydrogen-bond acceptors (Lipinski definition) is 2. The number of rotatable bonds is 3. The zero-order chi connectivity index (χ0) is 12.6. The minimum absolute atomic E-state index is 0.294. The van der Waals surface area contributed by atoms with E-state index in [0.717, 1.165) is 5.56 Å². The Morgan fingerprint density at radius 3 is 2.53 bits per heavy atom. The average Bonchev–Trinajstić information content (AvgIpc) is 2.19. The van der Waals surface area contributed by atoms with Gasteiger partial charge in [-0.1, -0.05) is 29.3 Å². The van der Waals surface area contributed by atoms with E-state index in [1.807, 2.05) is 0 Å². The first-order valence-corrected chi connectivity index (χ1v) is 6.04. The molecule has 2 rings (SSSR count). The van der Waals surface area contributed by atoms with E-state index in [1.54, 1.807) is 18.2 Å². The van der Waals surface area contributed by atoms with E-state index in [0.29, 0.717) is 29.3 Å². The van der Waals surface area contributed by atoms with E-state index >= 15 is 0 Å². The first-order valence-electron chi connectivity index (χ1n) is 5.29. The molecular weight excluding hydrogens is 263 g/mol. The molecule has 3 nitrogen and oxygen atoms in total. The normalized spacial score (nSPS) is 27.6. The van der Waals surface area contributed by atoms with Crippen molar-refractivity contribution in [3.05, 3.63) is 33.8 Å². The fourth-order valence-electron chi connectivity index (χ4n) is 2.21. The lowest BCUT2D eigenvalue weighted by atomic mass is 9.68. The highest BCUT2D eigenvalue weighted by atomic mass is 35.5. The van der Waals surface area contributed by atoms with E-state index in [2.05, 4.69) is 0 Å². The molecule has 2 N–H and O–H groups in total. The fourth-order valence-corrected chi connectivity index (χ4v) is 2.53. The lowest BCUT2D eigenvalue weighted by Gasteiger charge is -2.41. The fraction of sp³-hybridized carbons (Fsp3) is 0.417. The quantitative estimate of drug-likeness (QED) is 0.891. The molecule has 0 heterocycles. The van der Waals surface area contributed by atoms with Gasteiger partial charge in [0, 0.05) is 6.42 Å². The number of halogens is 2. The van der Waals surface area contributed by atoms with Crippen molar-refractivity contribution in [1.29, 1.82) is 0 Å². The summed E-state index contributed by atoms with van der Waals surface area (Å²) in [7, 11) is 0. The molecule has 1 aliphatic carbocycles. The Morgan fingerprint density at radius 1 is 1.35 bits per heavy atom. The van der Waals surface area contributed by atoms with Gasteiger partial charge >= 0.3 is 5.97 Å². The summed E-state index contributed by atoms with van der Waals surface area (Å²) in [5.74, 6) is -1.27. The third-order valence-electron chi connectivity index (χ3n) is 3.12. The smallest absolute Gasteiger partial charge is 0.306 e. The predicted molar refractivity (Wildman–Crippen MR) is 65.5 cm³/mol. The molecular formula is C12H12Cl2O3. The minimum Gasteiger partial charge on any atom is -0.481 e. The summed E-state index contributed by atoms with van der Waals surface area (Å²) >= 11 is 11.7. The second kappa shape index (κ2) is 4.48. The first kappa shape index (κ1) is 12.7. The van der Waals surface area contributed by atoms with Crippen LogP contribution < -0.4 is 0 Å². The van der Waals surface area contributed by atoms with Gasteiger partial charge in [-0.3, -0.25) is 4.79 Å². The van der Waals surface area contributed by atoms with E-state index in [4.69, 9.17) is 28.3 Å². The van der Waals surface area contributed by atoms with Crippen LogP contribution in [0.3, 0.4) is 0 Å². The Balaban J connectivity index is 2.02. The summed E-state index contributed by atoms with van der Waals surface area (Å²) < 4.78 is 0. The van der Waals surface area contributed by atoms with Gasteiger partial charge in [0.15, 0.2) is 0 Å². The number of hydrogen-bond donors (Lipinski definition) is 2. The zero-order valence-electron chi connectivity index (χ0n) is 8.99. The molecule has 0 aliphatic heterocycles. The number of carboxylic acids is 1. The van der Waals surface area contributed by atoms with Crippen LogP contribution in [-0.4, -0.2) is 21.8 Å². The summed E-state index contributed by atoms with van der Waals surface area (Å²) in [6, 6.07) is 5.17. The second-order valence-electron chi connectivity index (χ2n) is 4.59. The number of carboxylic acid groups (broad SMARTS) is 1. The van der Waals surface area contributed by atoms with Crippen LogP contribution in [0, 0.1) is 5.92 Å². The van der Waals surface area contributed by atoms with Gasteiger partial charge < -0.3 is 10.2 Å². The maximum atomic E-state index is 10.7. The largest absolute Gasteiger partial charge is 0.481 e. The Bertz CT molecular complexity index is 453. The van der Waals surface area contributed by atoms with Crippen molar-refractivity contribution in [1.82, 2.24) is 0 Å². The number of carbonyl (C=O) groups is 1. The summed E-state index contributed by atoms with van der Waals surface area (Å²) in [4.78, 5) is 10.7. The number of aliphatic hydroxyl groups is 1. The van der Waals surface area contributed by atoms with Crippen LogP contribution in [0.5, 0.6) is 0 Å². The van der Waals surface area contributed by atoms with Gasteiger partial charge in [0.25, 0.3) is 0 Å². The van der Waals surface area contributed by atoms with Crippen molar-refractivity contribution in [3.8, 4) is 0 Å². The molecule has 17 heavy (non-hydrogen) atoms. The molecule has 92 valence electrons. The van der Waals surface area contributed by atoms with Gasteiger partial charge in [0.2, 0.25) is 0 Å². The molecule has 0 aromatic heterocycles. The van der Waals surface area contributed by atoms with Crippen molar-refractivity contribution in [2.24, 2.45) is 5.92 Å². The molecule has 0 saturated heterocycles. The van der Waals surface area contributed by atoms with Crippen molar-refractivity contribution in [2.45, 2.75) is 24.9 Å². The molecule has 0 spiro atoms. The highest BCUT2D eigenvalue weighted by Gasteiger charge is 2.46. The van der Waals surface area contributed by atoms with Crippen molar-refractivity contribution in [3.63, 3.8) is 0 Å². The Morgan fingerprint density at radius 2 is 2.00 bits per heavy atom. The molecule has 0 atom stereocenters. The first-order chi connectivity index (χ1) is 7.89. The maximum Gasteiger partial charge on any atom is 0.306 e. The van der Waals surface area contributed by atoms with Gasteiger partial charge in [-0.25, -0.2) is 0 Å². The van der Waals surface area contributed by atoms with Crippen LogP contribution in [0.25, 0.3) is 0 Å². The predicted octanol–water partition coefficient (Wildman–Crippen LogP) is 2.76.